The largest absolute Gasteiger partial charge is 0.311 e. The van der Waals surface area contributed by atoms with Crippen LogP contribution in [0.25, 0.3) is 87.8 Å². The minimum Gasteiger partial charge on any atom is -0.311 e. The van der Waals surface area contributed by atoms with Crippen LogP contribution in [0, 0.1) is 0 Å². The van der Waals surface area contributed by atoms with Crippen molar-refractivity contribution in [3.05, 3.63) is 212 Å². The zero-order valence-electron chi connectivity index (χ0n) is 31.0. The normalized spacial score (nSPS) is 11.9. The lowest BCUT2D eigenvalue weighted by Crippen LogP contribution is -2.09. The molecule has 12 rings (SSSR count). The van der Waals surface area contributed by atoms with Crippen LogP contribution in [0.3, 0.4) is 0 Å². The van der Waals surface area contributed by atoms with Gasteiger partial charge >= 0.3 is 0 Å². The van der Waals surface area contributed by atoms with E-state index in [1.807, 2.05) is 0 Å². The van der Waals surface area contributed by atoms with E-state index in [0.29, 0.717) is 0 Å². The van der Waals surface area contributed by atoms with Crippen molar-refractivity contribution in [1.82, 2.24) is 8.97 Å². The molecule has 0 saturated carbocycles. The van der Waals surface area contributed by atoms with Gasteiger partial charge < -0.3 is 13.9 Å². The minimum absolute atomic E-state index is 1.11. The quantitative estimate of drug-likeness (QED) is 0.166. The number of hydrogen-bond acceptors (Lipinski definition) is 1. The third-order valence-electron chi connectivity index (χ3n) is 11.8. The van der Waals surface area contributed by atoms with Crippen molar-refractivity contribution >= 4 is 77.0 Å². The van der Waals surface area contributed by atoms with Crippen LogP contribution in [0.4, 0.5) is 17.1 Å². The van der Waals surface area contributed by atoms with E-state index in [1.54, 1.807) is 0 Å². The first-order valence-corrected chi connectivity index (χ1v) is 19.6. The Morgan fingerprint density at radius 2 is 0.807 bits per heavy atom. The van der Waals surface area contributed by atoms with Gasteiger partial charge in [-0.3, -0.25) is 0 Å². The molecule has 0 N–H and O–H groups in total. The summed E-state index contributed by atoms with van der Waals surface area (Å²) in [6.07, 6.45) is 0. The number of aromatic nitrogens is 2. The van der Waals surface area contributed by atoms with Gasteiger partial charge in [0, 0.05) is 49.7 Å². The van der Waals surface area contributed by atoms with E-state index in [9.17, 15) is 0 Å². The van der Waals surface area contributed by atoms with Crippen LogP contribution < -0.4 is 4.90 Å². The van der Waals surface area contributed by atoms with Crippen molar-refractivity contribution in [1.29, 1.82) is 0 Å². The molecule has 57 heavy (non-hydrogen) atoms. The summed E-state index contributed by atoms with van der Waals surface area (Å²) in [4.78, 5) is 2.34. The summed E-state index contributed by atoms with van der Waals surface area (Å²) < 4.78 is 4.98. The third kappa shape index (κ3) is 4.79. The highest BCUT2D eigenvalue weighted by atomic mass is 15.1. The van der Waals surface area contributed by atoms with Gasteiger partial charge in [0.15, 0.2) is 0 Å². The second-order valence-corrected chi connectivity index (χ2v) is 14.9. The second-order valence-electron chi connectivity index (χ2n) is 14.9. The zero-order chi connectivity index (χ0) is 37.5. The molecule has 9 aromatic carbocycles. The predicted octanol–water partition coefficient (Wildman–Crippen LogP) is 14.7. The van der Waals surface area contributed by atoms with Gasteiger partial charge in [-0.1, -0.05) is 133 Å². The van der Waals surface area contributed by atoms with Crippen LogP contribution in [-0.4, -0.2) is 8.97 Å². The number of hydrogen-bond donors (Lipinski definition) is 0. The van der Waals surface area contributed by atoms with Crippen LogP contribution in [-0.2, 0) is 0 Å². The van der Waals surface area contributed by atoms with Gasteiger partial charge in [0.1, 0.15) is 0 Å². The Morgan fingerprint density at radius 3 is 1.46 bits per heavy atom. The van der Waals surface area contributed by atoms with Crippen molar-refractivity contribution in [2.75, 3.05) is 4.90 Å². The van der Waals surface area contributed by atoms with Gasteiger partial charge in [0.05, 0.1) is 27.6 Å². The molecule has 0 spiro atoms. The second kappa shape index (κ2) is 12.5. The molecule has 0 aliphatic heterocycles. The van der Waals surface area contributed by atoms with Crippen LogP contribution in [0.5, 0.6) is 0 Å². The van der Waals surface area contributed by atoms with E-state index in [0.717, 1.165) is 22.7 Å². The Kier molecular flexibility index (Phi) is 6.93. The van der Waals surface area contributed by atoms with Crippen molar-refractivity contribution in [3.63, 3.8) is 0 Å². The van der Waals surface area contributed by atoms with Gasteiger partial charge in [-0.05, 0) is 107 Å². The van der Waals surface area contributed by atoms with E-state index in [-0.39, 0.29) is 0 Å². The van der Waals surface area contributed by atoms with Gasteiger partial charge in [-0.25, -0.2) is 0 Å². The molecule has 266 valence electrons. The van der Waals surface area contributed by atoms with Gasteiger partial charge in [0.2, 0.25) is 0 Å². The molecule has 0 bridgehead atoms. The number of anilines is 3. The molecule has 0 aliphatic carbocycles. The lowest BCUT2D eigenvalue weighted by Gasteiger charge is -2.26. The maximum atomic E-state index is 2.51. The maximum absolute atomic E-state index is 2.51. The predicted molar refractivity (Wildman–Crippen MR) is 241 cm³/mol. The molecule has 0 aliphatic rings. The molecule has 3 heterocycles. The lowest BCUT2D eigenvalue weighted by molar-refractivity contribution is 1.18. The van der Waals surface area contributed by atoms with Gasteiger partial charge in [0.25, 0.3) is 0 Å². The highest BCUT2D eigenvalue weighted by molar-refractivity contribution is 6.33. The summed E-state index contributed by atoms with van der Waals surface area (Å²) in [5, 5.41) is 7.65. The van der Waals surface area contributed by atoms with Crippen molar-refractivity contribution < 1.29 is 0 Å². The third-order valence-corrected chi connectivity index (χ3v) is 11.8. The van der Waals surface area contributed by atoms with E-state index < -0.39 is 0 Å². The molecule has 0 saturated heterocycles. The van der Waals surface area contributed by atoms with Gasteiger partial charge in [-0.15, -0.1) is 0 Å². The fourth-order valence-corrected chi connectivity index (χ4v) is 9.32. The molecule has 0 unspecified atom stereocenters. The van der Waals surface area contributed by atoms with Crippen molar-refractivity contribution in [2.24, 2.45) is 0 Å². The Labute approximate surface area is 329 Å². The smallest absolute Gasteiger partial charge is 0.0641 e. The first-order chi connectivity index (χ1) is 28.3. The van der Waals surface area contributed by atoms with E-state index >= 15 is 0 Å². The first kappa shape index (κ1) is 31.7. The zero-order valence-corrected chi connectivity index (χ0v) is 31.0. The average molecular weight is 726 g/mol. The standard InChI is InChI=1S/C54H35N3/c1-4-14-36(15-5-1)37-24-28-42(29-25-37)55(40-16-6-2-7-17-40)43-30-26-38(27-31-43)39-34-47-45-21-11-13-23-49(45)57-48-22-12-10-20-44(48)46-32-33-50-53(54(46)57)52(47)51(35-39)56(50)41-18-8-3-9-19-41/h1-35H. The summed E-state index contributed by atoms with van der Waals surface area (Å²) in [5.74, 6) is 0. The number of rotatable bonds is 6. The number of para-hydroxylation sites is 4. The molecular formula is C54H35N3. The van der Waals surface area contributed by atoms with Crippen LogP contribution in [0.2, 0.25) is 0 Å². The molecule has 12 aromatic rings. The monoisotopic (exact) mass is 725 g/mol. The Morgan fingerprint density at radius 1 is 0.298 bits per heavy atom. The van der Waals surface area contributed by atoms with Crippen molar-refractivity contribution in [3.8, 4) is 27.9 Å². The Bertz CT molecular complexity index is 3420. The molecular weight excluding hydrogens is 691 g/mol. The summed E-state index contributed by atoms with van der Waals surface area (Å²) in [6, 6.07) is 77.3. The van der Waals surface area contributed by atoms with Crippen LogP contribution in [0.15, 0.2) is 212 Å². The number of fused-ring (bicyclic) bond motifs is 6. The number of benzene rings is 9. The topological polar surface area (TPSA) is 12.6 Å². The molecule has 3 heteroatoms. The SMILES string of the molecule is c1ccc(-c2ccc(N(c3ccccc3)c3ccc(-c4cc5c6ccccc6n6c7ccccc7c7ccc8c(c5c(c4)n8-c4ccccc4)c76)cc3)cc2)cc1. The molecule has 0 amide bonds. The fourth-order valence-electron chi connectivity index (χ4n) is 9.32. The Hall–Kier alpha value is -7.62. The molecule has 0 atom stereocenters. The lowest BCUT2D eigenvalue weighted by atomic mass is 9.97. The van der Waals surface area contributed by atoms with E-state index in [1.165, 1.54) is 82.2 Å². The van der Waals surface area contributed by atoms with Crippen LogP contribution in [0.1, 0.15) is 0 Å². The Balaban J connectivity index is 1.09. The fraction of sp³-hybridized carbons (Fsp3) is 0. The summed E-state index contributed by atoms with van der Waals surface area (Å²) in [7, 11) is 0. The molecule has 0 radical (unpaired) electrons. The van der Waals surface area contributed by atoms with E-state index in [2.05, 4.69) is 226 Å². The summed E-state index contributed by atoms with van der Waals surface area (Å²) >= 11 is 0. The minimum atomic E-state index is 1.11. The average Bonchev–Trinajstić information content (AvgIpc) is 3.76. The molecule has 0 fully saturated rings. The first-order valence-electron chi connectivity index (χ1n) is 19.6. The highest BCUT2D eigenvalue weighted by Crippen LogP contribution is 2.47. The van der Waals surface area contributed by atoms with Crippen molar-refractivity contribution in [2.45, 2.75) is 0 Å². The summed E-state index contributed by atoms with van der Waals surface area (Å²) in [5.41, 5.74) is 15.4. The number of nitrogens with zero attached hydrogens (tertiary/aromatic N) is 3. The highest BCUT2D eigenvalue weighted by Gasteiger charge is 2.24. The molecule has 3 nitrogen and oxygen atoms in total. The van der Waals surface area contributed by atoms with E-state index in [4.69, 9.17) is 0 Å². The molecule has 3 aromatic heterocycles. The maximum Gasteiger partial charge on any atom is 0.0641 e. The van der Waals surface area contributed by atoms with Gasteiger partial charge in [-0.2, -0.15) is 0 Å². The van der Waals surface area contributed by atoms with Crippen LogP contribution >= 0.6 is 0 Å². The summed E-state index contributed by atoms with van der Waals surface area (Å²) in [6.45, 7) is 0.